The molecule has 0 heterocycles. The Bertz CT molecular complexity index is 120. The Morgan fingerprint density at radius 3 is 2.78 bits per heavy atom. The fourth-order valence-electron chi connectivity index (χ4n) is 1.12. The van der Waals surface area contributed by atoms with E-state index in [1.165, 1.54) is 37.7 Å². The maximum Gasteiger partial charge on any atom is -0.0288 e. The largest absolute Gasteiger partial charge is 0.0999 e. The van der Waals surface area contributed by atoms with Gasteiger partial charge in [0.15, 0.2) is 0 Å². The molecule has 9 heavy (non-hydrogen) atoms. The van der Waals surface area contributed by atoms with E-state index >= 15 is 0 Å². The van der Waals surface area contributed by atoms with Gasteiger partial charge in [0.1, 0.15) is 0 Å². The first-order valence-electron chi connectivity index (χ1n) is 3.71. The van der Waals surface area contributed by atoms with E-state index in [0.717, 1.165) is 0 Å². The predicted octanol–water partition coefficient (Wildman–Crippen LogP) is 3.06. The molecule has 0 aromatic carbocycles. The molecule has 0 unspecified atom stereocenters. The summed E-state index contributed by atoms with van der Waals surface area (Å²) in [4.78, 5) is 0. The van der Waals surface area contributed by atoms with Crippen molar-refractivity contribution in [1.29, 1.82) is 0 Å². The minimum Gasteiger partial charge on any atom is -0.0999 e. The van der Waals surface area contributed by atoms with Crippen LogP contribution in [0.4, 0.5) is 0 Å². The van der Waals surface area contributed by atoms with Crippen LogP contribution in [0.5, 0.6) is 0 Å². The average Bonchev–Trinajstić information content (AvgIpc) is 1.79. The first kappa shape index (κ1) is 6.60. The average molecular weight is 122 g/mol. The van der Waals surface area contributed by atoms with Gasteiger partial charge in [0, 0.05) is 0 Å². The number of hydrogen-bond acceptors (Lipinski definition) is 0. The fraction of sp³-hybridized carbons (Fsp3) is 0.556. The Morgan fingerprint density at radius 2 is 1.89 bits per heavy atom. The summed E-state index contributed by atoms with van der Waals surface area (Å²) in [5, 5.41) is 0. The van der Waals surface area contributed by atoms with Crippen molar-refractivity contribution in [3.05, 3.63) is 24.3 Å². The zero-order valence-corrected chi connectivity index (χ0v) is 5.90. The lowest BCUT2D eigenvalue weighted by molar-refractivity contribution is 0.768. The second-order valence-corrected chi connectivity index (χ2v) is 2.65. The van der Waals surface area contributed by atoms with Crippen LogP contribution in [0.1, 0.15) is 32.1 Å². The number of rotatable bonds is 0. The van der Waals surface area contributed by atoms with Crippen molar-refractivity contribution in [3.63, 3.8) is 0 Å². The maximum absolute atomic E-state index is 3.98. The Labute approximate surface area is 57.3 Å². The molecular weight excluding hydrogens is 108 g/mol. The molecule has 0 bridgehead atoms. The number of hydrogen-bond donors (Lipinski definition) is 0. The van der Waals surface area contributed by atoms with Crippen molar-refractivity contribution in [2.24, 2.45) is 0 Å². The molecule has 1 rings (SSSR count). The van der Waals surface area contributed by atoms with E-state index in [4.69, 9.17) is 0 Å². The van der Waals surface area contributed by atoms with Gasteiger partial charge >= 0.3 is 0 Å². The lowest BCUT2D eigenvalue weighted by Crippen LogP contribution is -1.84. The van der Waals surface area contributed by atoms with Crippen LogP contribution >= 0.6 is 0 Å². The molecule has 1 aliphatic rings. The fourth-order valence-corrected chi connectivity index (χ4v) is 1.12. The first-order chi connectivity index (χ1) is 4.39. The summed E-state index contributed by atoms with van der Waals surface area (Å²) in [7, 11) is 0. The van der Waals surface area contributed by atoms with Crippen LogP contribution in [0.25, 0.3) is 0 Å². The van der Waals surface area contributed by atoms with Gasteiger partial charge in [0.25, 0.3) is 0 Å². The summed E-state index contributed by atoms with van der Waals surface area (Å²) < 4.78 is 0. The lowest BCUT2D eigenvalue weighted by Gasteiger charge is -2.04. The van der Waals surface area contributed by atoms with Crippen LogP contribution in [0, 0.1) is 0 Å². The van der Waals surface area contributed by atoms with E-state index < -0.39 is 0 Å². The lowest BCUT2D eigenvalue weighted by atomic mass is 10.0. The van der Waals surface area contributed by atoms with Crippen molar-refractivity contribution < 1.29 is 0 Å². The first-order valence-corrected chi connectivity index (χ1v) is 3.71. The van der Waals surface area contributed by atoms with Crippen molar-refractivity contribution in [1.82, 2.24) is 0 Å². The van der Waals surface area contributed by atoms with Crippen LogP contribution in [-0.4, -0.2) is 0 Å². The van der Waals surface area contributed by atoms with Gasteiger partial charge in [-0.15, -0.1) is 0 Å². The highest BCUT2D eigenvalue weighted by molar-refractivity contribution is 4.99. The molecule has 0 heteroatoms. The quantitative estimate of drug-likeness (QED) is 0.433. The molecule has 0 N–H and O–H groups in total. The smallest absolute Gasteiger partial charge is 0.0288 e. The van der Waals surface area contributed by atoms with E-state index in [-0.39, 0.29) is 0 Å². The molecule has 0 spiro atoms. The SMILES string of the molecule is C=C1CC/C=C\CCC1. The Hall–Kier alpha value is -0.520. The van der Waals surface area contributed by atoms with Crippen molar-refractivity contribution in [2.45, 2.75) is 32.1 Å². The van der Waals surface area contributed by atoms with Crippen molar-refractivity contribution in [3.8, 4) is 0 Å². The van der Waals surface area contributed by atoms with Crippen LogP contribution in [0.15, 0.2) is 24.3 Å². The normalized spacial score (nSPS) is 24.7. The van der Waals surface area contributed by atoms with Crippen LogP contribution in [-0.2, 0) is 0 Å². The minimum absolute atomic E-state index is 1.20. The summed E-state index contributed by atoms with van der Waals surface area (Å²) in [6.45, 7) is 3.98. The molecule has 0 aromatic heterocycles. The molecule has 0 radical (unpaired) electrons. The summed E-state index contributed by atoms with van der Waals surface area (Å²) in [6.07, 6.45) is 10.8. The minimum atomic E-state index is 1.20. The van der Waals surface area contributed by atoms with E-state index in [0.29, 0.717) is 0 Å². The van der Waals surface area contributed by atoms with Gasteiger partial charge in [-0.3, -0.25) is 0 Å². The molecule has 0 aliphatic heterocycles. The van der Waals surface area contributed by atoms with Crippen LogP contribution in [0.3, 0.4) is 0 Å². The van der Waals surface area contributed by atoms with Gasteiger partial charge in [-0.2, -0.15) is 0 Å². The van der Waals surface area contributed by atoms with Crippen molar-refractivity contribution >= 4 is 0 Å². The molecule has 1 aliphatic carbocycles. The van der Waals surface area contributed by atoms with Gasteiger partial charge < -0.3 is 0 Å². The molecule has 0 fully saturated rings. The third kappa shape index (κ3) is 2.50. The zero-order valence-electron chi connectivity index (χ0n) is 5.90. The van der Waals surface area contributed by atoms with E-state index in [2.05, 4.69) is 18.7 Å². The Balaban J connectivity index is 2.35. The molecule has 0 aromatic rings. The number of allylic oxidation sites excluding steroid dienone is 3. The molecule has 0 saturated carbocycles. The zero-order chi connectivity index (χ0) is 6.53. The van der Waals surface area contributed by atoms with Gasteiger partial charge in [-0.05, 0) is 32.1 Å². The molecule has 0 atom stereocenters. The molecule has 0 nitrogen and oxygen atoms in total. The Kier molecular flexibility index (Phi) is 2.56. The second-order valence-electron chi connectivity index (χ2n) is 2.65. The monoisotopic (exact) mass is 122 g/mol. The molecule has 0 saturated heterocycles. The van der Waals surface area contributed by atoms with Gasteiger partial charge in [-0.1, -0.05) is 24.3 Å². The van der Waals surface area contributed by atoms with Crippen LogP contribution < -0.4 is 0 Å². The summed E-state index contributed by atoms with van der Waals surface area (Å²) in [5.41, 5.74) is 1.43. The summed E-state index contributed by atoms with van der Waals surface area (Å²) in [5.74, 6) is 0. The Morgan fingerprint density at radius 1 is 1.11 bits per heavy atom. The second kappa shape index (κ2) is 3.49. The molecule has 50 valence electrons. The van der Waals surface area contributed by atoms with Crippen LogP contribution in [0.2, 0.25) is 0 Å². The summed E-state index contributed by atoms with van der Waals surface area (Å²) >= 11 is 0. The van der Waals surface area contributed by atoms with Gasteiger partial charge in [0.05, 0.1) is 0 Å². The third-order valence-electron chi connectivity index (χ3n) is 1.73. The van der Waals surface area contributed by atoms with Crippen molar-refractivity contribution in [2.75, 3.05) is 0 Å². The van der Waals surface area contributed by atoms with E-state index in [9.17, 15) is 0 Å². The maximum atomic E-state index is 3.98. The van der Waals surface area contributed by atoms with E-state index in [1.54, 1.807) is 0 Å². The molecular formula is C9H14. The topological polar surface area (TPSA) is 0 Å². The van der Waals surface area contributed by atoms with Gasteiger partial charge in [0.2, 0.25) is 0 Å². The highest BCUT2D eigenvalue weighted by atomic mass is 14.0. The standard InChI is InChI=1S/C9H14/c1-9-7-5-3-2-4-6-8-9/h2-3H,1,4-8H2/b3-2-. The predicted molar refractivity (Wildman–Crippen MR) is 41.4 cm³/mol. The third-order valence-corrected chi connectivity index (χ3v) is 1.73. The molecule has 0 amide bonds. The highest BCUT2D eigenvalue weighted by Crippen LogP contribution is 2.14. The van der Waals surface area contributed by atoms with E-state index in [1.807, 2.05) is 0 Å². The highest BCUT2D eigenvalue weighted by Gasteiger charge is 1.94. The van der Waals surface area contributed by atoms with Gasteiger partial charge in [-0.25, -0.2) is 0 Å². The summed E-state index contributed by atoms with van der Waals surface area (Å²) in [6, 6.07) is 0.